The average Bonchev–Trinajstić information content (AvgIpc) is 3.30. The molecule has 1 aliphatic rings. The third kappa shape index (κ3) is 3.42. The number of hydrogen-bond acceptors (Lipinski definition) is 6. The Kier molecular flexibility index (Phi) is 5.43. The third-order valence-electron chi connectivity index (χ3n) is 4.59. The summed E-state index contributed by atoms with van der Waals surface area (Å²) in [6, 6.07) is 14.3. The summed E-state index contributed by atoms with van der Waals surface area (Å²) < 4.78 is 13.7. The van der Waals surface area contributed by atoms with Crippen molar-refractivity contribution >= 4 is 11.8 Å². The standard InChI is InChI=1S/C21H24N4O2S/c1-4-14-12-16(18(27-6-3)13-17(14)26-5-2)20-24-25-19(22-23-21(25)28-20)15-10-8-7-9-11-15/h7-13,20,24H,4-6H2,1-3H3. The summed E-state index contributed by atoms with van der Waals surface area (Å²) in [7, 11) is 0. The highest BCUT2D eigenvalue weighted by Crippen LogP contribution is 2.45. The van der Waals surface area contributed by atoms with Gasteiger partial charge in [-0.2, -0.15) is 0 Å². The molecule has 0 aliphatic carbocycles. The average molecular weight is 397 g/mol. The molecule has 1 atom stereocenters. The van der Waals surface area contributed by atoms with Crippen LogP contribution in [0.2, 0.25) is 0 Å². The van der Waals surface area contributed by atoms with Crippen molar-refractivity contribution in [1.82, 2.24) is 14.9 Å². The van der Waals surface area contributed by atoms with E-state index < -0.39 is 0 Å². The molecule has 4 rings (SSSR count). The Morgan fingerprint density at radius 2 is 1.75 bits per heavy atom. The van der Waals surface area contributed by atoms with Gasteiger partial charge in [0.15, 0.2) is 5.82 Å². The first-order chi connectivity index (χ1) is 13.7. The molecule has 1 unspecified atom stereocenters. The lowest BCUT2D eigenvalue weighted by molar-refractivity contribution is 0.318. The van der Waals surface area contributed by atoms with Crippen LogP contribution >= 0.6 is 11.8 Å². The molecule has 2 aromatic carbocycles. The van der Waals surface area contributed by atoms with Gasteiger partial charge in [0.2, 0.25) is 5.16 Å². The Morgan fingerprint density at radius 3 is 2.46 bits per heavy atom. The van der Waals surface area contributed by atoms with Gasteiger partial charge >= 0.3 is 0 Å². The lowest BCUT2D eigenvalue weighted by Crippen LogP contribution is -2.15. The van der Waals surface area contributed by atoms with Crippen LogP contribution in [-0.2, 0) is 6.42 Å². The van der Waals surface area contributed by atoms with Crippen LogP contribution in [0, 0.1) is 0 Å². The summed E-state index contributed by atoms with van der Waals surface area (Å²) in [5.41, 5.74) is 6.83. The van der Waals surface area contributed by atoms with Gasteiger partial charge in [0.25, 0.3) is 0 Å². The summed E-state index contributed by atoms with van der Waals surface area (Å²) in [6.45, 7) is 7.37. The first-order valence-corrected chi connectivity index (χ1v) is 10.5. The van der Waals surface area contributed by atoms with Crippen LogP contribution in [-0.4, -0.2) is 28.1 Å². The van der Waals surface area contributed by atoms with Crippen LogP contribution < -0.4 is 14.9 Å². The van der Waals surface area contributed by atoms with Crippen molar-refractivity contribution in [2.75, 3.05) is 18.6 Å². The van der Waals surface area contributed by atoms with Gasteiger partial charge in [-0.3, -0.25) is 0 Å². The van der Waals surface area contributed by atoms with Gasteiger partial charge in [0.05, 0.1) is 13.2 Å². The number of benzene rings is 2. The second-order valence-corrected chi connectivity index (χ2v) is 7.42. The minimum absolute atomic E-state index is 0.00418. The molecule has 0 radical (unpaired) electrons. The fourth-order valence-corrected chi connectivity index (χ4v) is 4.31. The molecule has 0 amide bonds. The Hall–Kier alpha value is -2.67. The summed E-state index contributed by atoms with van der Waals surface area (Å²) in [4.78, 5) is 0. The predicted molar refractivity (Wildman–Crippen MR) is 112 cm³/mol. The van der Waals surface area contributed by atoms with Crippen LogP contribution in [0.4, 0.5) is 0 Å². The monoisotopic (exact) mass is 396 g/mol. The topological polar surface area (TPSA) is 61.2 Å². The van der Waals surface area contributed by atoms with Gasteiger partial charge in [-0.1, -0.05) is 49.0 Å². The van der Waals surface area contributed by atoms with E-state index in [1.165, 1.54) is 5.56 Å². The zero-order valence-corrected chi connectivity index (χ0v) is 17.1. The molecule has 28 heavy (non-hydrogen) atoms. The summed E-state index contributed by atoms with van der Waals surface area (Å²) in [6.07, 6.45) is 0.896. The second-order valence-electron chi connectivity index (χ2n) is 6.35. The highest BCUT2D eigenvalue weighted by molar-refractivity contribution is 7.99. The van der Waals surface area contributed by atoms with Crippen LogP contribution in [0.5, 0.6) is 11.5 Å². The number of aromatic nitrogens is 3. The molecule has 1 aliphatic heterocycles. The fourth-order valence-electron chi connectivity index (χ4n) is 3.30. The molecule has 7 heteroatoms. The lowest BCUT2D eigenvalue weighted by Gasteiger charge is -2.20. The minimum Gasteiger partial charge on any atom is -0.493 e. The summed E-state index contributed by atoms with van der Waals surface area (Å²) in [5, 5.41) is 9.55. The summed E-state index contributed by atoms with van der Waals surface area (Å²) in [5.74, 6) is 2.54. The Balaban J connectivity index is 1.69. The van der Waals surface area contributed by atoms with Crippen molar-refractivity contribution in [3.05, 3.63) is 53.6 Å². The molecule has 0 bridgehead atoms. The molecule has 1 N–H and O–H groups in total. The largest absolute Gasteiger partial charge is 0.493 e. The SMILES string of the molecule is CCOc1cc(OCC)c(C2Nn3c(nnc3-c3ccccc3)S2)cc1CC. The predicted octanol–water partition coefficient (Wildman–Crippen LogP) is 4.65. The van der Waals surface area contributed by atoms with Gasteiger partial charge < -0.3 is 14.9 Å². The molecule has 6 nitrogen and oxygen atoms in total. The van der Waals surface area contributed by atoms with Crippen molar-refractivity contribution in [2.45, 2.75) is 37.7 Å². The van der Waals surface area contributed by atoms with Gasteiger partial charge in [-0.25, -0.2) is 4.68 Å². The first kappa shape index (κ1) is 18.7. The van der Waals surface area contributed by atoms with Crippen LogP contribution in [0.3, 0.4) is 0 Å². The number of fused-ring (bicyclic) bond motifs is 1. The number of rotatable bonds is 7. The van der Waals surface area contributed by atoms with E-state index in [1.54, 1.807) is 11.8 Å². The molecule has 1 aromatic heterocycles. The van der Waals surface area contributed by atoms with Crippen molar-refractivity contribution in [3.8, 4) is 22.9 Å². The summed E-state index contributed by atoms with van der Waals surface area (Å²) >= 11 is 1.64. The van der Waals surface area contributed by atoms with Gasteiger partial charge in [-0.05, 0) is 31.9 Å². The molecule has 3 aromatic rings. The smallest absolute Gasteiger partial charge is 0.212 e. The van der Waals surface area contributed by atoms with Crippen molar-refractivity contribution in [2.24, 2.45) is 0 Å². The van der Waals surface area contributed by atoms with Gasteiger partial charge in [0.1, 0.15) is 16.9 Å². The van der Waals surface area contributed by atoms with Crippen molar-refractivity contribution in [1.29, 1.82) is 0 Å². The Labute approximate surface area is 169 Å². The maximum atomic E-state index is 5.95. The number of ether oxygens (including phenoxy) is 2. The number of thioether (sulfide) groups is 1. The molecule has 0 fully saturated rings. The van der Waals surface area contributed by atoms with Crippen molar-refractivity contribution < 1.29 is 9.47 Å². The molecular weight excluding hydrogens is 372 g/mol. The quantitative estimate of drug-likeness (QED) is 0.627. The van der Waals surface area contributed by atoms with Crippen molar-refractivity contribution in [3.63, 3.8) is 0 Å². The van der Waals surface area contributed by atoms with Crippen LogP contribution in [0.25, 0.3) is 11.4 Å². The van der Waals surface area contributed by atoms with Crippen LogP contribution in [0.1, 0.15) is 37.3 Å². The zero-order valence-electron chi connectivity index (χ0n) is 16.3. The molecular formula is C21H24N4O2S. The maximum absolute atomic E-state index is 5.95. The fraction of sp³-hybridized carbons (Fsp3) is 0.333. The van der Waals surface area contributed by atoms with E-state index in [4.69, 9.17) is 9.47 Å². The normalized spacial score (nSPS) is 15.2. The third-order valence-corrected chi connectivity index (χ3v) is 5.66. The van der Waals surface area contributed by atoms with E-state index in [9.17, 15) is 0 Å². The highest BCUT2D eigenvalue weighted by Gasteiger charge is 2.31. The minimum atomic E-state index is -0.00418. The highest BCUT2D eigenvalue weighted by atomic mass is 32.2. The second kappa shape index (κ2) is 8.14. The first-order valence-electron chi connectivity index (χ1n) is 9.61. The van der Waals surface area contributed by atoms with Crippen LogP contribution in [0.15, 0.2) is 47.6 Å². The number of nitrogens with one attached hydrogen (secondary N) is 1. The van der Waals surface area contributed by atoms with Gasteiger partial charge in [-0.15, -0.1) is 10.2 Å². The Morgan fingerprint density at radius 1 is 1.00 bits per heavy atom. The number of aryl methyl sites for hydroxylation is 1. The van der Waals surface area contributed by atoms with E-state index >= 15 is 0 Å². The number of hydrogen-bond donors (Lipinski definition) is 1. The molecule has 2 heterocycles. The molecule has 0 spiro atoms. The maximum Gasteiger partial charge on any atom is 0.212 e. The van der Waals surface area contributed by atoms with Gasteiger partial charge in [0, 0.05) is 17.2 Å². The molecule has 0 saturated heterocycles. The van der Waals surface area contributed by atoms with E-state index in [1.807, 2.05) is 54.9 Å². The number of nitrogens with zero attached hydrogens (tertiary/aromatic N) is 3. The zero-order chi connectivity index (χ0) is 19.5. The molecule has 146 valence electrons. The lowest BCUT2D eigenvalue weighted by atomic mass is 10.1. The van der Waals surface area contributed by atoms with E-state index in [2.05, 4.69) is 28.6 Å². The Bertz CT molecular complexity index is 959. The van der Waals surface area contributed by atoms with E-state index in [0.717, 1.165) is 40.0 Å². The molecule has 0 saturated carbocycles. The van der Waals surface area contributed by atoms with E-state index in [0.29, 0.717) is 13.2 Å². The van der Waals surface area contributed by atoms with E-state index in [-0.39, 0.29) is 5.37 Å².